The lowest BCUT2D eigenvalue weighted by molar-refractivity contribution is 0.00898. The Balaban J connectivity index is 2.10. The van der Waals surface area contributed by atoms with Crippen molar-refractivity contribution in [3.63, 3.8) is 0 Å². The molecular weight excluding hydrogens is 258 g/mol. The SMILES string of the molecule is Cc1ncsc1C(=O)N1CCOC(C(N)=S)C1. The van der Waals surface area contributed by atoms with Gasteiger partial charge in [0.15, 0.2) is 0 Å². The van der Waals surface area contributed by atoms with Gasteiger partial charge in [0.1, 0.15) is 16.0 Å². The van der Waals surface area contributed by atoms with E-state index >= 15 is 0 Å². The van der Waals surface area contributed by atoms with Crippen molar-refractivity contribution in [3.8, 4) is 0 Å². The van der Waals surface area contributed by atoms with Gasteiger partial charge < -0.3 is 15.4 Å². The number of rotatable bonds is 2. The molecule has 17 heavy (non-hydrogen) atoms. The van der Waals surface area contributed by atoms with Crippen molar-refractivity contribution < 1.29 is 9.53 Å². The second-order valence-electron chi connectivity index (χ2n) is 3.78. The van der Waals surface area contributed by atoms with Crippen molar-refractivity contribution in [2.24, 2.45) is 5.73 Å². The number of ether oxygens (including phenoxy) is 1. The van der Waals surface area contributed by atoms with Crippen molar-refractivity contribution in [1.29, 1.82) is 0 Å². The van der Waals surface area contributed by atoms with Gasteiger partial charge >= 0.3 is 0 Å². The quantitative estimate of drug-likeness (QED) is 0.797. The molecule has 1 aromatic heterocycles. The second kappa shape index (κ2) is 5.07. The maximum Gasteiger partial charge on any atom is 0.266 e. The smallest absolute Gasteiger partial charge is 0.266 e. The van der Waals surface area contributed by atoms with Crippen LogP contribution in [-0.4, -0.2) is 46.6 Å². The predicted octanol–water partition coefficient (Wildman–Crippen LogP) is 0.579. The van der Waals surface area contributed by atoms with E-state index in [0.717, 1.165) is 5.69 Å². The zero-order chi connectivity index (χ0) is 12.4. The van der Waals surface area contributed by atoms with Gasteiger partial charge in [0.05, 0.1) is 24.4 Å². The number of nitrogens with zero attached hydrogens (tertiary/aromatic N) is 2. The first-order valence-electron chi connectivity index (χ1n) is 5.20. The summed E-state index contributed by atoms with van der Waals surface area (Å²) < 4.78 is 5.40. The zero-order valence-corrected chi connectivity index (χ0v) is 11.0. The van der Waals surface area contributed by atoms with Crippen LogP contribution in [0.15, 0.2) is 5.51 Å². The third-order valence-corrected chi connectivity index (χ3v) is 3.79. The summed E-state index contributed by atoms with van der Waals surface area (Å²) in [5.74, 6) is -0.0189. The van der Waals surface area contributed by atoms with Crippen LogP contribution in [0.1, 0.15) is 15.4 Å². The Kier molecular flexibility index (Phi) is 3.70. The number of aryl methyl sites for hydroxylation is 1. The first kappa shape index (κ1) is 12.4. The monoisotopic (exact) mass is 271 g/mol. The molecule has 0 spiro atoms. The molecule has 1 unspecified atom stereocenters. The molecular formula is C10H13N3O2S2. The molecule has 2 N–H and O–H groups in total. The lowest BCUT2D eigenvalue weighted by atomic mass is 10.2. The summed E-state index contributed by atoms with van der Waals surface area (Å²) in [4.78, 5) is 19.0. The maximum atomic E-state index is 12.2. The summed E-state index contributed by atoms with van der Waals surface area (Å²) in [6.45, 7) is 3.28. The van der Waals surface area contributed by atoms with E-state index in [9.17, 15) is 4.79 Å². The minimum atomic E-state index is -0.337. The number of aromatic nitrogens is 1. The number of thiazole rings is 1. The van der Waals surface area contributed by atoms with Gasteiger partial charge in [-0.2, -0.15) is 0 Å². The third kappa shape index (κ3) is 2.62. The molecule has 5 nitrogen and oxygen atoms in total. The Labute approximate surface area is 109 Å². The van der Waals surface area contributed by atoms with Crippen molar-refractivity contribution in [2.45, 2.75) is 13.0 Å². The van der Waals surface area contributed by atoms with Gasteiger partial charge in [-0.05, 0) is 6.92 Å². The summed E-state index contributed by atoms with van der Waals surface area (Å²) in [6.07, 6.45) is -0.337. The highest BCUT2D eigenvalue weighted by Crippen LogP contribution is 2.17. The average molecular weight is 271 g/mol. The molecule has 1 saturated heterocycles. The van der Waals surface area contributed by atoms with Gasteiger partial charge in [-0.3, -0.25) is 4.79 Å². The van der Waals surface area contributed by atoms with Crippen LogP contribution in [0.2, 0.25) is 0 Å². The van der Waals surface area contributed by atoms with Gasteiger partial charge in [-0.15, -0.1) is 11.3 Å². The minimum absolute atomic E-state index is 0.0189. The summed E-state index contributed by atoms with van der Waals surface area (Å²) in [7, 11) is 0. The molecule has 0 aliphatic carbocycles. The summed E-state index contributed by atoms with van der Waals surface area (Å²) in [5.41, 5.74) is 7.97. The van der Waals surface area contributed by atoms with Gasteiger partial charge in [0, 0.05) is 6.54 Å². The van der Waals surface area contributed by atoms with Crippen LogP contribution in [-0.2, 0) is 4.74 Å². The van der Waals surface area contributed by atoms with E-state index in [4.69, 9.17) is 22.7 Å². The fourth-order valence-corrected chi connectivity index (χ4v) is 2.57. The number of hydrogen-bond donors (Lipinski definition) is 1. The summed E-state index contributed by atoms with van der Waals surface area (Å²) in [5, 5.41) is 0. The van der Waals surface area contributed by atoms with E-state index in [2.05, 4.69) is 4.98 Å². The van der Waals surface area contributed by atoms with E-state index in [-0.39, 0.29) is 12.0 Å². The molecule has 1 amide bonds. The number of amides is 1. The highest BCUT2D eigenvalue weighted by atomic mass is 32.1. The number of carbonyl (C=O) groups is 1. The number of carbonyl (C=O) groups excluding carboxylic acids is 1. The molecule has 7 heteroatoms. The molecule has 0 aromatic carbocycles. The number of morpholine rings is 1. The third-order valence-electron chi connectivity index (χ3n) is 2.61. The van der Waals surface area contributed by atoms with E-state index < -0.39 is 0 Å². The molecule has 2 rings (SSSR count). The zero-order valence-electron chi connectivity index (χ0n) is 9.38. The normalized spacial score (nSPS) is 20.3. The first-order chi connectivity index (χ1) is 8.09. The maximum absolute atomic E-state index is 12.2. The van der Waals surface area contributed by atoms with Crippen LogP contribution in [0.3, 0.4) is 0 Å². The molecule has 1 aliphatic rings. The van der Waals surface area contributed by atoms with E-state index in [0.29, 0.717) is 29.6 Å². The van der Waals surface area contributed by atoms with Crippen LogP contribution in [0.5, 0.6) is 0 Å². The van der Waals surface area contributed by atoms with Crippen molar-refractivity contribution >= 4 is 34.5 Å². The van der Waals surface area contributed by atoms with Crippen LogP contribution in [0.4, 0.5) is 0 Å². The largest absolute Gasteiger partial charge is 0.391 e. The van der Waals surface area contributed by atoms with Crippen LogP contribution in [0.25, 0.3) is 0 Å². The highest BCUT2D eigenvalue weighted by molar-refractivity contribution is 7.80. The second-order valence-corrected chi connectivity index (χ2v) is 5.11. The Morgan fingerprint density at radius 3 is 3.12 bits per heavy atom. The fourth-order valence-electron chi connectivity index (χ4n) is 1.66. The molecule has 1 aliphatic heterocycles. The van der Waals surface area contributed by atoms with Crippen LogP contribution < -0.4 is 5.73 Å². The molecule has 2 heterocycles. The Hall–Kier alpha value is -1.05. The van der Waals surface area contributed by atoms with Gasteiger partial charge in [-0.1, -0.05) is 12.2 Å². The van der Waals surface area contributed by atoms with E-state index in [1.54, 1.807) is 10.4 Å². The molecule has 0 radical (unpaired) electrons. The summed E-state index contributed by atoms with van der Waals surface area (Å²) >= 11 is 6.24. The number of thiocarbonyl (C=S) groups is 1. The first-order valence-corrected chi connectivity index (χ1v) is 6.48. The molecule has 0 saturated carbocycles. The molecule has 92 valence electrons. The Morgan fingerprint density at radius 1 is 1.76 bits per heavy atom. The molecule has 1 aromatic rings. The average Bonchev–Trinajstić information content (AvgIpc) is 2.74. The molecule has 0 bridgehead atoms. The van der Waals surface area contributed by atoms with Crippen molar-refractivity contribution in [1.82, 2.24) is 9.88 Å². The van der Waals surface area contributed by atoms with E-state index in [1.165, 1.54) is 11.3 Å². The topological polar surface area (TPSA) is 68.5 Å². The fraction of sp³-hybridized carbons (Fsp3) is 0.500. The lowest BCUT2D eigenvalue weighted by Crippen LogP contribution is -2.49. The molecule has 1 atom stereocenters. The van der Waals surface area contributed by atoms with E-state index in [1.807, 2.05) is 6.92 Å². The highest BCUT2D eigenvalue weighted by Gasteiger charge is 2.28. The van der Waals surface area contributed by atoms with Gasteiger partial charge in [0.2, 0.25) is 0 Å². The van der Waals surface area contributed by atoms with Gasteiger partial charge in [0.25, 0.3) is 5.91 Å². The minimum Gasteiger partial charge on any atom is -0.391 e. The van der Waals surface area contributed by atoms with Crippen LogP contribution >= 0.6 is 23.6 Å². The van der Waals surface area contributed by atoms with Crippen LogP contribution in [0, 0.1) is 6.92 Å². The van der Waals surface area contributed by atoms with Crippen molar-refractivity contribution in [2.75, 3.05) is 19.7 Å². The lowest BCUT2D eigenvalue weighted by Gasteiger charge is -2.32. The standard InChI is InChI=1S/C10H13N3O2S2/c1-6-8(17-5-12-6)10(14)13-2-3-15-7(4-13)9(11)16/h5,7H,2-4H2,1H3,(H2,11,16). The van der Waals surface area contributed by atoms with Gasteiger partial charge in [-0.25, -0.2) is 4.98 Å². The Morgan fingerprint density at radius 2 is 2.53 bits per heavy atom. The number of hydrogen-bond acceptors (Lipinski definition) is 5. The Bertz CT molecular complexity index is 447. The summed E-state index contributed by atoms with van der Waals surface area (Å²) in [6, 6.07) is 0. The molecule has 1 fully saturated rings. The number of nitrogens with two attached hydrogens (primary N) is 1. The van der Waals surface area contributed by atoms with Crippen molar-refractivity contribution in [3.05, 3.63) is 16.1 Å². The predicted molar refractivity (Wildman–Crippen MR) is 69.3 cm³/mol.